The van der Waals surface area contributed by atoms with Gasteiger partial charge in [0.2, 0.25) is 0 Å². The Morgan fingerprint density at radius 3 is 2.45 bits per heavy atom. The predicted molar refractivity (Wildman–Crippen MR) is 104 cm³/mol. The summed E-state index contributed by atoms with van der Waals surface area (Å²) in [6.45, 7) is 12.8. The molecule has 3 unspecified atom stereocenters. The number of alkyl halides is 1. The van der Waals surface area contributed by atoms with Crippen molar-refractivity contribution in [2.24, 2.45) is 0 Å². The highest BCUT2D eigenvalue weighted by Gasteiger charge is 2.45. The van der Waals surface area contributed by atoms with Crippen LogP contribution in [-0.4, -0.2) is 22.1 Å². The SMILES string of the molecule is C=C/C=C\C(=C/C)C(Cl)(/C(C=C)=C/C=C\C)C1CCCN1P. The summed E-state index contributed by atoms with van der Waals surface area (Å²) in [5.74, 6) is 0. The summed E-state index contributed by atoms with van der Waals surface area (Å²) >= 11 is 7.26. The molecule has 1 nitrogen and oxygen atoms in total. The molecule has 1 saturated heterocycles. The van der Waals surface area contributed by atoms with Gasteiger partial charge in [0.1, 0.15) is 4.87 Å². The molecule has 0 aromatic rings. The van der Waals surface area contributed by atoms with Crippen molar-refractivity contribution >= 4 is 21.0 Å². The van der Waals surface area contributed by atoms with Crippen LogP contribution in [0.4, 0.5) is 0 Å². The van der Waals surface area contributed by atoms with E-state index in [2.05, 4.69) is 39.4 Å². The van der Waals surface area contributed by atoms with Crippen LogP contribution in [0.15, 0.2) is 72.9 Å². The molecule has 0 bridgehead atoms. The fourth-order valence-corrected chi connectivity index (χ4v) is 4.10. The van der Waals surface area contributed by atoms with E-state index in [0.29, 0.717) is 0 Å². The van der Waals surface area contributed by atoms with Crippen molar-refractivity contribution in [1.82, 2.24) is 4.67 Å². The second-order valence-corrected chi connectivity index (χ2v) is 6.56. The van der Waals surface area contributed by atoms with Crippen molar-refractivity contribution in [2.45, 2.75) is 37.6 Å². The van der Waals surface area contributed by atoms with Crippen LogP contribution >= 0.6 is 21.0 Å². The molecule has 0 N–H and O–H groups in total. The maximum Gasteiger partial charge on any atom is 0.110 e. The minimum Gasteiger partial charge on any atom is -0.282 e. The van der Waals surface area contributed by atoms with Crippen molar-refractivity contribution in [3.8, 4) is 0 Å². The van der Waals surface area contributed by atoms with Crippen molar-refractivity contribution in [2.75, 3.05) is 6.54 Å². The van der Waals surface area contributed by atoms with Crippen LogP contribution in [0, 0.1) is 0 Å². The molecule has 3 atom stereocenters. The van der Waals surface area contributed by atoms with Crippen LogP contribution in [0.2, 0.25) is 0 Å². The van der Waals surface area contributed by atoms with Gasteiger partial charge in [-0.2, -0.15) is 0 Å². The summed E-state index contributed by atoms with van der Waals surface area (Å²) < 4.78 is 2.27. The van der Waals surface area contributed by atoms with Gasteiger partial charge in [0.05, 0.1) is 0 Å². The molecule has 0 amide bonds. The van der Waals surface area contributed by atoms with Gasteiger partial charge >= 0.3 is 0 Å². The third-order valence-corrected chi connectivity index (χ3v) is 5.31. The third kappa shape index (κ3) is 4.10. The Bertz CT molecular complexity index is 516. The van der Waals surface area contributed by atoms with E-state index >= 15 is 0 Å². The highest BCUT2D eigenvalue weighted by Crippen LogP contribution is 2.45. The molecule has 22 heavy (non-hydrogen) atoms. The standard InChI is InChI=1S/C19H27ClNP/c1-5-9-12-16(7-3)19(20,17(8-4)13-10-6-2)18-14-11-15-21(18)22/h5-10,12-13,18H,1,4,11,14-15,22H2,2-3H3/b10-6-,12-9-,16-7+,17-13+. The van der Waals surface area contributed by atoms with Crippen LogP contribution in [-0.2, 0) is 0 Å². The van der Waals surface area contributed by atoms with Crippen LogP contribution < -0.4 is 0 Å². The second kappa shape index (κ2) is 9.30. The zero-order valence-electron chi connectivity index (χ0n) is 13.6. The predicted octanol–water partition coefficient (Wildman–Crippen LogP) is 5.60. The van der Waals surface area contributed by atoms with Crippen molar-refractivity contribution in [3.05, 3.63) is 72.9 Å². The fourth-order valence-electron chi connectivity index (χ4n) is 2.90. The van der Waals surface area contributed by atoms with Gasteiger partial charge in [0.25, 0.3) is 0 Å². The summed E-state index contributed by atoms with van der Waals surface area (Å²) in [5, 5.41) is 0. The zero-order valence-corrected chi connectivity index (χ0v) is 15.5. The number of nitrogens with zero attached hydrogens (tertiary/aromatic N) is 1. The van der Waals surface area contributed by atoms with Crippen LogP contribution in [0.3, 0.4) is 0 Å². The Hall–Kier alpha value is -0.880. The molecular formula is C19H27ClNP. The Morgan fingerprint density at radius 1 is 1.27 bits per heavy atom. The van der Waals surface area contributed by atoms with Gasteiger partial charge in [-0.05, 0) is 37.8 Å². The monoisotopic (exact) mass is 335 g/mol. The maximum absolute atomic E-state index is 7.26. The maximum atomic E-state index is 7.26. The average Bonchev–Trinajstić information content (AvgIpc) is 2.95. The molecule has 0 aromatic heterocycles. The molecular weight excluding hydrogens is 309 g/mol. The molecule has 0 saturated carbocycles. The first kappa shape index (κ1) is 19.2. The summed E-state index contributed by atoms with van der Waals surface area (Å²) in [6, 6.07) is 0.217. The molecule has 1 aliphatic rings. The van der Waals surface area contributed by atoms with Gasteiger partial charge in [-0.3, -0.25) is 4.67 Å². The van der Waals surface area contributed by atoms with E-state index in [9.17, 15) is 0 Å². The zero-order chi connectivity index (χ0) is 16.6. The molecule has 1 heterocycles. The minimum absolute atomic E-state index is 0.217. The lowest BCUT2D eigenvalue weighted by atomic mass is 9.81. The van der Waals surface area contributed by atoms with Crippen molar-refractivity contribution < 1.29 is 0 Å². The van der Waals surface area contributed by atoms with Gasteiger partial charge < -0.3 is 0 Å². The second-order valence-electron chi connectivity index (χ2n) is 5.30. The van der Waals surface area contributed by atoms with Gasteiger partial charge in [0.15, 0.2) is 0 Å². The van der Waals surface area contributed by atoms with E-state index in [-0.39, 0.29) is 6.04 Å². The lowest BCUT2D eigenvalue weighted by Crippen LogP contribution is -2.44. The van der Waals surface area contributed by atoms with Crippen LogP contribution in [0.1, 0.15) is 26.7 Å². The van der Waals surface area contributed by atoms with Gasteiger partial charge in [-0.15, -0.1) is 11.6 Å². The first-order valence-corrected chi connectivity index (χ1v) is 8.57. The first-order chi connectivity index (χ1) is 10.6. The molecule has 120 valence electrons. The van der Waals surface area contributed by atoms with E-state index in [1.165, 1.54) is 0 Å². The van der Waals surface area contributed by atoms with Gasteiger partial charge in [0, 0.05) is 12.6 Å². The highest BCUT2D eigenvalue weighted by molar-refractivity contribution is 7.13. The molecule has 1 rings (SSSR count). The topological polar surface area (TPSA) is 3.24 Å². The van der Waals surface area contributed by atoms with E-state index in [1.54, 1.807) is 6.08 Å². The lowest BCUT2D eigenvalue weighted by molar-refractivity contribution is 0.392. The highest BCUT2D eigenvalue weighted by atomic mass is 35.5. The van der Waals surface area contributed by atoms with Crippen molar-refractivity contribution in [1.29, 1.82) is 0 Å². The van der Waals surface area contributed by atoms with Crippen LogP contribution in [0.5, 0.6) is 0 Å². The fraction of sp³-hybridized carbons (Fsp3) is 0.368. The van der Waals surface area contributed by atoms with E-state index in [4.69, 9.17) is 11.6 Å². The van der Waals surface area contributed by atoms with E-state index in [0.717, 1.165) is 30.5 Å². The van der Waals surface area contributed by atoms with Gasteiger partial charge in [-0.1, -0.05) is 71.2 Å². The summed E-state index contributed by atoms with van der Waals surface area (Å²) in [5.41, 5.74) is 2.09. The van der Waals surface area contributed by atoms with E-state index in [1.807, 2.05) is 44.2 Å². The molecule has 0 radical (unpaired) electrons. The minimum atomic E-state index is -0.617. The summed E-state index contributed by atoms with van der Waals surface area (Å²) in [6.07, 6.45) is 18.0. The number of halogens is 1. The number of hydrogen-bond donors (Lipinski definition) is 0. The number of allylic oxidation sites excluding steroid dienone is 8. The molecule has 0 aromatic carbocycles. The van der Waals surface area contributed by atoms with E-state index < -0.39 is 4.87 Å². The smallest absolute Gasteiger partial charge is 0.110 e. The molecule has 0 spiro atoms. The summed E-state index contributed by atoms with van der Waals surface area (Å²) in [7, 11) is 2.82. The van der Waals surface area contributed by atoms with Crippen molar-refractivity contribution in [3.63, 3.8) is 0 Å². The Kier molecular flexibility index (Phi) is 8.10. The average molecular weight is 336 g/mol. The van der Waals surface area contributed by atoms with Crippen LogP contribution in [0.25, 0.3) is 0 Å². The Morgan fingerprint density at radius 2 is 2.00 bits per heavy atom. The summed E-state index contributed by atoms with van der Waals surface area (Å²) in [4.78, 5) is -0.617. The Balaban J connectivity index is 3.45. The number of hydrogen-bond acceptors (Lipinski definition) is 1. The number of rotatable bonds is 7. The molecule has 3 heteroatoms. The molecule has 1 fully saturated rings. The van der Waals surface area contributed by atoms with Gasteiger partial charge in [-0.25, -0.2) is 0 Å². The Labute approximate surface area is 143 Å². The largest absolute Gasteiger partial charge is 0.282 e. The normalized spacial score (nSPS) is 24.1. The first-order valence-electron chi connectivity index (χ1n) is 7.68. The lowest BCUT2D eigenvalue weighted by Gasteiger charge is -2.39. The molecule has 0 aliphatic carbocycles. The quantitative estimate of drug-likeness (QED) is 0.333. The molecule has 1 aliphatic heterocycles. The third-order valence-electron chi connectivity index (χ3n) is 4.00.